The first-order valence-corrected chi connectivity index (χ1v) is 27.4. The predicted molar refractivity (Wildman–Crippen MR) is 293 cm³/mol. The Bertz CT molecular complexity index is 3040. The third-order valence-corrected chi connectivity index (χ3v) is 16.0. The van der Waals surface area contributed by atoms with E-state index >= 15 is 0 Å². The standard InChI is InChI=1S/C61H76N8O6/c1-9-69-53-36-52-50(35-49(53)40(2)37-60(69,4)5)55(51-34-44-16-14-28-68-29-15-19-48(57(44)68)56(51)61(52,6)7)46-17-10-11-18-47(46)59(72)67(8)27-13-12-20-54(71)62-39-75-33-31-73-30-32-74-38-45(70)26-23-42-21-24-43(25-22-42)58-65-63-41(3)64-66-58/h10-11,17-18,21-22,24-25,34-36,40H,9,12-16,19-20,23,26-33,37-39H2,1-8H3/p+1. The molecule has 75 heavy (non-hydrogen) atoms. The topological polar surface area (TPSA) is 152 Å². The van der Waals surface area contributed by atoms with Crippen LogP contribution in [0.5, 0.6) is 0 Å². The largest absolute Gasteiger partial charge is 0.377 e. The highest BCUT2D eigenvalue weighted by molar-refractivity contribution is 6.02. The summed E-state index contributed by atoms with van der Waals surface area (Å²) >= 11 is 0. The Kier molecular flexibility index (Phi) is 16.7. The third kappa shape index (κ3) is 11.6. The summed E-state index contributed by atoms with van der Waals surface area (Å²) in [5.41, 5.74) is 14.2. The highest BCUT2D eigenvalue weighted by atomic mass is 16.5. The van der Waals surface area contributed by atoms with Crippen LogP contribution >= 0.6 is 0 Å². The Morgan fingerprint density at radius 2 is 1.56 bits per heavy atom. The third-order valence-electron chi connectivity index (χ3n) is 16.0. The zero-order chi connectivity index (χ0) is 52.9. The molecule has 1 aliphatic carbocycles. The molecule has 3 aliphatic heterocycles. The molecule has 4 heterocycles. The molecule has 0 bridgehead atoms. The molecular weight excluding hydrogens is 941 g/mol. The summed E-state index contributed by atoms with van der Waals surface area (Å²) in [5, 5.41) is 21.6. The molecule has 5 aromatic rings. The van der Waals surface area contributed by atoms with E-state index in [0.717, 1.165) is 68.4 Å². The summed E-state index contributed by atoms with van der Waals surface area (Å²) in [5.74, 6) is 1.27. The number of rotatable bonds is 22. The van der Waals surface area contributed by atoms with Gasteiger partial charge in [-0.3, -0.25) is 14.4 Å². The van der Waals surface area contributed by atoms with Crippen LogP contribution in [-0.2, 0) is 48.5 Å². The average molecular weight is 1020 g/mol. The van der Waals surface area contributed by atoms with Gasteiger partial charge in [-0.05, 0) is 141 Å². The zero-order valence-corrected chi connectivity index (χ0v) is 45.7. The second kappa shape index (κ2) is 23.3. The second-order valence-electron chi connectivity index (χ2n) is 22.2. The van der Waals surface area contributed by atoms with Crippen LogP contribution in [0.2, 0.25) is 0 Å². The van der Waals surface area contributed by atoms with E-state index < -0.39 is 0 Å². The number of benzene rings is 4. The number of carbonyl (C=O) groups is 3. The van der Waals surface area contributed by atoms with Crippen LogP contribution in [0.3, 0.4) is 0 Å². The highest BCUT2D eigenvalue weighted by Gasteiger charge is 2.43. The molecule has 0 radical (unpaired) electrons. The van der Waals surface area contributed by atoms with Crippen molar-refractivity contribution in [1.29, 1.82) is 0 Å². The van der Waals surface area contributed by atoms with Crippen LogP contribution in [0.1, 0.15) is 153 Å². The molecule has 1 aromatic heterocycles. The molecule has 14 nitrogen and oxygen atoms in total. The summed E-state index contributed by atoms with van der Waals surface area (Å²) in [4.78, 5) is 44.3. The molecule has 0 spiro atoms. The maximum Gasteiger partial charge on any atom is 0.254 e. The fourth-order valence-electron chi connectivity index (χ4n) is 12.4. The molecule has 1 unspecified atom stereocenters. The van der Waals surface area contributed by atoms with Gasteiger partial charge in [0.2, 0.25) is 17.1 Å². The van der Waals surface area contributed by atoms with Crippen molar-refractivity contribution < 1.29 is 28.6 Å². The van der Waals surface area contributed by atoms with E-state index in [1.165, 1.54) is 55.2 Å². The number of nitrogens with zero attached hydrogens (tertiary/aromatic N) is 7. The molecule has 1 N–H and O–H groups in total. The number of aromatic nitrogens is 4. The molecule has 14 heteroatoms. The van der Waals surface area contributed by atoms with Crippen LogP contribution in [0, 0.1) is 6.92 Å². The average Bonchev–Trinajstić information content (AvgIpc) is 3.49. The molecule has 396 valence electrons. The number of hydrogen-bond acceptors (Lipinski definition) is 11. The Morgan fingerprint density at radius 3 is 2.32 bits per heavy atom. The number of ketones is 1. The number of amides is 2. The van der Waals surface area contributed by atoms with Crippen LogP contribution in [-0.4, -0.2) is 121 Å². The summed E-state index contributed by atoms with van der Waals surface area (Å²) < 4.78 is 19.3. The Balaban J connectivity index is 0.758. The highest BCUT2D eigenvalue weighted by Crippen LogP contribution is 2.50. The summed E-state index contributed by atoms with van der Waals surface area (Å²) in [6.45, 7) is 21.2. The van der Waals surface area contributed by atoms with E-state index in [4.69, 9.17) is 14.2 Å². The minimum atomic E-state index is -0.254. The molecule has 0 saturated carbocycles. The number of Topliss-reactive ketones (excluding diaryl/α,β-unsaturated/α-hetero) is 1. The van der Waals surface area contributed by atoms with Gasteiger partial charge in [0.05, 0.1) is 26.4 Å². The molecule has 2 amide bonds. The van der Waals surface area contributed by atoms with E-state index in [0.29, 0.717) is 88.2 Å². The zero-order valence-electron chi connectivity index (χ0n) is 45.7. The summed E-state index contributed by atoms with van der Waals surface area (Å²) in [6, 6.07) is 23.5. The quantitative estimate of drug-likeness (QED) is 0.0426. The van der Waals surface area contributed by atoms with Crippen LogP contribution in [0.25, 0.3) is 17.0 Å². The van der Waals surface area contributed by atoms with Crippen LogP contribution < -0.4 is 25.4 Å². The number of aryl methyl sites for hydroxylation is 3. The van der Waals surface area contributed by atoms with Gasteiger partial charge in [0.1, 0.15) is 26.4 Å². The van der Waals surface area contributed by atoms with Gasteiger partial charge in [-0.2, -0.15) is 0 Å². The van der Waals surface area contributed by atoms with Crippen molar-refractivity contribution in [3.05, 3.63) is 133 Å². The van der Waals surface area contributed by atoms with Gasteiger partial charge < -0.3 is 29.3 Å². The molecule has 4 aromatic carbocycles. The van der Waals surface area contributed by atoms with Gasteiger partial charge in [0, 0.05) is 84.7 Å². The van der Waals surface area contributed by atoms with E-state index in [1.807, 2.05) is 48.3 Å². The number of nitrogens with one attached hydrogen (secondary N) is 1. The molecule has 0 fully saturated rings. The van der Waals surface area contributed by atoms with Gasteiger partial charge in [0.25, 0.3) is 5.91 Å². The minimum absolute atomic E-state index is 0.0114. The lowest BCUT2D eigenvalue weighted by atomic mass is 9.64. The molecule has 4 aliphatic rings. The maximum absolute atomic E-state index is 14.7. The van der Waals surface area contributed by atoms with E-state index in [1.54, 1.807) is 6.92 Å². The Morgan fingerprint density at radius 1 is 0.840 bits per heavy atom. The molecular formula is C61H77N8O6+. The number of carbonyl (C=O) groups excluding carboxylic acids is 3. The lowest BCUT2D eigenvalue weighted by Gasteiger charge is -2.48. The lowest BCUT2D eigenvalue weighted by molar-refractivity contribution is -0.125. The van der Waals surface area contributed by atoms with Crippen molar-refractivity contribution in [2.75, 3.05) is 77.9 Å². The first-order valence-electron chi connectivity index (χ1n) is 27.4. The molecule has 0 saturated heterocycles. The Labute approximate surface area is 443 Å². The number of hydrogen-bond donors (Lipinski definition) is 1. The SMILES string of the molecule is CCN1c2cc3c(cc2C(C)CC1(C)C)C(c1ccccc1C(=O)N(C)CCCCC(=O)NCOCCOCCOCC(=O)CCc1ccc(-c2nnc(C)nn2)cc1)=c1cc2c4c(c1C3(C)C)CCC[N+]=4CCC2. The maximum atomic E-state index is 14.7. The van der Waals surface area contributed by atoms with Crippen molar-refractivity contribution in [3.63, 3.8) is 0 Å². The smallest absolute Gasteiger partial charge is 0.254 e. The number of anilines is 1. The van der Waals surface area contributed by atoms with Gasteiger partial charge in [-0.15, -0.1) is 20.4 Å². The summed E-state index contributed by atoms with van der Waals surface area (Å²) in [6.07, 6.45) is 8.17. The molecule has 1 atom stereocenters. The number of unbranched alkanes of at least 4 members (excludes halogenated alkanes) is 1. The fourth-order valence-corrected chi connectivity index (χ4v) is 12.4. The van der Waals surface area contributed by atoms with Crippen molar-refractivity contribution in [2.24, 2.45) is 0 Å². The van der Waals surface area contributed by atoms with Gasteiger partial charge >= 0.3 is 0 Å². The second-order valence-corrected chi connectivity index (χ2v) is 22.2. The van der Waals surface area contributed by atoms with Crippen molar-refractivity contribution in [2.45, 2.75) is 130 Å². The van der Waals surface area contributed by atoms with E-state index in [-0.39, 0.29) is 41.9 Å². The normalized spacial score (nSPS) is 16.9. The lowest BCUT2D eigenvalue weighted by Crippen LogP contribution is -2.50. The predicted octanol–water partition coefficient (Wildman–Crippen LogP) is 7.19. The Hall–Kier alpha value is -6.22. The number of fused-ring (bicyclic) bond motifs is 4. The number of ether oxygens (including phenoxy) is 3. The van der Waals surface area contributed by atoms with Crippen LogP contribution in [0.4, 0.5) is 5.69 Å². The van der Waals surface area contributed by atoms with Crippen molar-refractivity contribution in [3.8, 4) is 11.4 Å². The van der Waals surface area contributed by atoms with Gasteiger partial charge in [0.15, 0.2) is 11.6 Å². The van der Waals surface area contributed by atoms with Gasteiger partial charge in [-0.1, -0.05) is 63.2 Å². The molecule has 9 rings (SSSR count). The first kappa shape index (κ1) is 53.6. The first-order chi connectivity index (χ1) is 36.2. The van der Waals surface area contributed by atoms with Crippen molar-refractivity contribution in [1.82, 2.24) is 35.2 Å². The fraction of sp³-hybridized carbons (Fsp3) is 0.508. The van der Waals surface area contributed by atoms with E-state index in [9.17, 15) is 14.4 Å². The van der Waals surface area contributed by atoms with Crippen molar-refractivity contribution >= 4 is 28.9 Å². The van der Waals surface area contributed by atoms with Gasteiger partial charge in [-0.25, -0.2) is 4.58 Å². The van der Waals surface area contributed by atoms with Crippen LogP contribution in [0.15, 0.2) is 66.7 Å². The van der Waals surface area contributed by atoms with E-state index in [2.05, 4.69) is 107 Å². The minimum Gasteiger partial charge on any atom is -0.377 e. The summed E-state index contributed by atoms with van der Waals surface area (Å²) in [7, 11) is 1.88. The monoisotopic (exact) mass is 1020 g/mol.